The van der Waals surface area contributed by atoms with Crippen molar-refractivity contribution >= 4 is 33.0 Å². The number of nitrogens with one attached hydrogen (secondary N) is 1. The fourth-order valence-corrected chi connectivity index (χ4v) is 3.85. The second kappa shape index (κ2) is 6.85. The van der Waals surface area contributed by atoms with Crippen LogP contribution in [0.5, 0.6) is 0 Å². The van der Waals surface area contributed by atoms with Crippen LogP contribution in [0.25, 0.3) is 0 Å². The zero-order chi connectivity index (χ0) is 15.5. The van der Waals surface area contributed by atoms with Gasteiger partial charge in [-0.1, -0.05) is 11.6 Å². The molecule has 114 valence electrons. The lowest BCUT2D eigenvalue weighted by atomic mass is 10.3. The van der Waals surface area contributed by atoms with Gasteiger partial charge in [0.1, 0.15) is 11.9 Å². The van der Waals surface area contributed by atoms with Crippen LogP contribution in [0.2, 0.25) is 4.34 Å². The lowest BCUT2D eigenvalue weighted by Crippen LogP contribution is -2.29. The van der Waals surface area contributed by atoms with Crippen LogP contribution in [0, 0.1) is 5.82 Å². The van der Waals surface area contributed by atoms with Crippen molar-refractivity contribution in [3.8, 4) is 0 Å². The van der Waals surface area contributed by atoms with Gasteiger partial charge in [-0.15, -0.1) is 11.3 Å². The number of ether oxygens (including phenoxy) is 1. The summed E-state index contributed by atoms with van der Waals surface area (Å²) < 4.78 is 45.3. The molecule has 0 aliphatic carbocycles. The Bertz CT molecular complexity index is 700. The van der Waals surface area contributed by atoms with Crippen molar-refractivity contribution < 1.29 is 17.5 Å². The average Bonchev–Trinajstić information content (AvgIpc) is 2.86. The molecular formula is C13H13ClFNO3S2. The Morgan fingerprint density at radius 1 is 1.29 bits per heavy atom. The van der Waals surface area contributed by atoms with E-state index in [0.29, 0.717) is 4.34 Å². The summed E-state index contributed by atoms with van der Waals surface area (Å²) >= 11 is 7.18. The average molecular weight is 350 g/mol. The lowest BCUT2D eigenvalue weighted by Gasteiger charge is -2.14. The minimum absolute atomic E-state index is 0.00275. The van der Waals surface area contributed by atoms with E-state index >= 15 is 0 Å². The second-order valence-electron chi connectivity index (χ2n) is 4.17. The molecule has 2 aromatic rings. The molecule has 0 saturated carbocycles. The van der Waals surface area contributed by atoms with Gasteiger partial charge in [0.05, 0.1) is 9.23 Å². The van der Waals surface area contributed by atoms with E-state index in [0.717, 1.165) is 17.0 Å². The maximum atomic E-state index is 12.8. The number of thiophene rings is 1. The van der Waals surface area contributed by atoms with Gasteiger partial charge in [0.25, 0.3) is 0 Å². The van der Waals surface area contributed by atoms with Crippen LogP contribution in [0.15, 0.2) is 41.3 Å². The van der Waals surface area contributed by atoms with Gasteiger partial charge in [-0.2, -0.15) is 0 Å². The van der Waals surface area contributed by atoms with Gasteiger partial charge in [0.2, 0.25) is 10.0 Å². The molecule has 1 heterocycles. The van der Waals surface area contributed by atoms with Crippen molar-refractivity contribution in [3.63, 3.8) is 0 Å². The van der Waals surface area contributed by atoms with E-state index in [1.807, 2.05) is 0 Å². The predicted molar refractivity (Wildman–Crippen MR) is 80.7 cm³/mol. The van der Waals surface area contributed by atoms with E-state index in [4.69, 9.17) is 16.3 Å². The Labute approximate surface area is 131 Å². The molecule has 0 saturated heterocycles. The van der Waals surface area contributed by atoms with E-state index in [2.05, 4.69) is 4.72 Å². The molecule has 0 fully saturated rings. The van der Waals surface area contributed by atoms with E-state index in [-0.39, 0.29) is 11.4 Å². The van der Waals surface area contributed by atoms with Crippen LogP contribution < -0.4 is 4.72 Å². The molecule has 0 bridgehead atoms. The first-order chi connectivity index (χ1) is 9.92. The fourth-order valence-electron chi connectivity index (χ4n) is 1.68. The Morgan fingerprint density at radius 3 is 2.48 bits per heavy atom. The molecule has 1 atom stereocenters. The summed E-state index contributed by atoms with van der Waals surface area (Å²) in [6, 6.07) is 8.13. The van der Waals surface area contributed by atoms with Crippen LogP contribution >= 0.6 is 22.9 Å². The largest absolute Gasteiger partial charge is 0.375 e. The second-order valence-corrected chi connectivity index (χ2v) is 7.69. The summed E-state index contributed by atoms with van der Waals surface area (Å²) in [4.78, 5) is 0.826. The predicted octanol–water partition coefficient (Wildman–Crippen LogP) is 3.21. The molecule has 1 aromatic carbocycles. The van der Waals surface area contributed by atoms with Crippen LogP contribution in [-0.4, -0.2) is 22.1 Å². The van der Waals surface area contributed by atoms with Crippen molar-refractivity contribution in [1.29, 1.82) is 0 Å². The van der Waals surface area contributed by atoms with Crippen LogP contribution in [0.4, 0.5) is 4.39 Å². The minimum Gasteiger partial charge on any atom is -0.375 e. The van der Waals surface area contributed by atoms with Gasteiger partial charge < -0.3 is 4.74 Å². The van der Waals surface area contributed by atoms with Crippen molar-refractivity contribution in [2.24, 2.45) is 0 Å². The minimum atomic E-state index is -3.71. The number of methoxy groups -OCH3 is 1. The van der Waals surface area contributed by atoms with Gasteiger partial charge in [0, 0.05) is 18.5 Å². The topological polar surface area (TPSA) is 55.4 Å². The van der Waals surface area contributed by atoms with Crippen LogP contribution in [0.1, 0.15) is 11.0 Å². The molecule has 0 radical (unpaired) electrons. The van der Waals surface area contributed by atoms with Crippen LogP contribution in [0.3, 0.4) is 0 Å². The third kappa shape index (κ3) is 4.24. The van der Waals surface area contributed by atoms with E-state index in [9.17, 15) is 12.8 Å². The first-order valence-corrected chi connectivity index (χ1v) is 8.63. The molecular weight excluding hydrogens is 337 g/mol. The van der Waals surface area contributed by atoms with E-state index in [1.54, 1.807) is 12.1 Å². The number of halogens is 2. The van der Waals surface area contributed by atoms with Crippen molar-refractivity contribution in [1.82, 2.24) is 4.72 Å². The van der Waals surface area contributed by atoms with E-state index < -0.39 is 21.9 Å². The number of hydrogen-bond acceptors (Lipinski definition) is 4. The first-order valence-electron chi connectivity index (χ1n) is 5.95. The maximum Gasteiger partial charge on any atom is 0.240 e. The Kier molecular flexibility index (Phi) is 5.34. The van der Waals surface area contributed by atoms with E-state index in [1.165, 1.54) is 30.6 Å². The van der Waals surface area contributed by atoms with Gasteiger partial charge >= 0.3 is 0 Å². The Balaban J connectivity index is 2.08. The molecule has 1 unspecified atom stereocenters. The third-order valence-electron chi connectivity index (χ3n) is 2.78. The summed E-state index contributed by atoms with van der Waals surface area (Å²) in [5, 5.41) is 0. The highest BCUT2D eigenvalue weighted by atomic mass is 35.5. The van der Waals surface area contributed by atoms with Crippen molar-refractivity contribution in [2.75, 3.05) is 13.7 Å². The zero-order valence-electron chi connectivity index (χ0n) is 11.0. The number of rotatable bonds is 6. The molecule has 2 rings (SSSR count). The van der Waals surface area contributed by atoms with Gasteiger partial charge in [-0.3, -0.25) is 0 Å². The highest BCUT2D eigenvalue weighted by Crippen LogP contribution is 2.28. The van der Waals surface area contributed by atoms with Gasteiger partial charge in [-0.05, 0) is 36.4 Å². The monoisotopic (exact) mass is 349 g/mol. The highest BCUT2D eigenvalue weighted by Gasteiger charge is 2.19. The first kappa shape index (κ1) is 16.4. The summed E-state index contributed by atoms with van der Waals surface area (Å²) in [6.45, 7) is 0.0626. The quantitative estimate of drug-likeness (QED) is 0.871. The number of hydrogen-bond donors (Lipinski definition) is 1. The maximum absolute atomic E-state index is 12.8. The smallest absolute Gasteiger partial charge is 0.240 e. The van der Waals surface area contributed by atoms with Crippen LogP contribution in [-0.2, 0) is 14.8 Å². The number of sulfonamides is 1. The molecule has 8 heteroatoms. The SMILES string of the molecule is COC(CNS(=O)(=O)c1ccc(F)cc1)c1ccc(Cl)s1. The molecule has 1 N–H and O–H groups in total. The summed E-state index contributed by atoms with van der Waals surface area (Å²) in [5.74, 6) is -0.489. The molecule has 1 aromatic heterocycles. The normalized spacial score (nSPS) is 13.3. The van der Waals surface area contributed by atoms with Gasteiger partial charge in [-0.25, -0.2) is 17.5 Å². The molecule has 0 aliphatic rings. The van der Waals surface area contributed by atoms with Crippen molar-refractivity contribution in [2.45, 2.75) is 11.0 Å². The molecule has 21 heavy (non-hydrogen) atoms. The summed E-state index contributed by atoms with van der Waals surface area (Å²) in [5.41, 5.74) is 0. The summed E-state index contributed by atoms with van der Waals surface area (Å²) in [7, 11) is -2.22. The molecule has 0 aliphatic heterocycles. The molecule has 0 amide bonds. The standard InChI is InChI=1S/C13H13ClFNO3S2/c1-19-11(12-6-7-13(14)20-12)8-16-21(17,18)10-4-2-9(15)3-5-10/h2-7,11,16H,8H2,1H3. The van der Waals surface area contributed by atoms with Crippen molar-refractivity contribution in [3.05, 3.63) is 51.4 Å². The zero-order valence-corrected chi connectivity index (χ0v) is 13.4. The Morgan fingerprint density at radius 2 is 1.95 bits per heavy atom. The molecule has 0 spiro atoms. The number of benzene rings is 1. The fraction of sp³-hybridized carbons (Fsp3) is 0.231. The highest BCUT2D eigenvalue weighted by molar-refractivity contribution is 7.89. The third-order valence-corrected chi connectivity index (χ3v) is 5.54. The Hall–Kier alpha value is -0.990. The summed E-state index contributed by atoms with van der Waals surface area (Å²) in [6.07, 6.45) is -0.433. The lowest BCUT2D eigenvalue weighted by molar-refractivity contribution is 0.110. The van der Waals surface area contributed by atoms with Gasteiger partial charge in [0.15, 0.2) is 0 Å². The molecule has 4 nitrogen and oxygen atoms in total.